The maximum atomic E-state index is 13.7. The molecule has 0 aromatic heterocycles. The minimum absolute atomic E-state index is 0.331. The standard InChI is InChI=1S/C22H22F6INO6S/c23-21(24,25)20(22(26,27)28,10-37(33,34)35)30-17(31)15-2-1-14(29)6-16(15)36-18(32)19-7-11-3-12(8-19)5-13(4-11)9-19/h1-2,6,11-13H,3-5,7-10H2,(H,30,31)(H,33,34,35). The van der Waals surface area contributed by atoms with Crippen molar-refractivity contribution in [3.05, 3.63) is 27.3 Å². The van der Waals surface area contributed by atoms with Gasteiger partial charge < -0.3 is 10.1 Å². The smallest absolute Gasteiger partial charge is 0.421 e. The van der Waals surface area contributed by atoms with Gasteiger partial charge in [-0.05, 0) is 97.1 Å². The first-order valence-electron chi connectivity index (χ1n) is 11.3. The average molecular weight is 669 g/mol. The van der Waals surface area contributed by atoms with E-state index in [1.807, 2.05) is 0 Å². The second-order valence-corrected chi connectivity index (χ2v) is 13.0. The summed E-state index contributed by atoms with van der Waals surface area (Å²) in [6.45, 7) is 0. The van der Waals surface area contributed by atoms with E-state index in [2.05, 4.69) is 0 Å². The largest absolute Gasteiger partial charge is 0.425 e. The van der Waals surface area contributed by atoms with Crippen LogP contribution in [0, 0.1) is 26.7 Å². The molecule has 1 aromatic carbocycles. The summed E-state index contributed by atoms with van der Waals surface area (Å²) in [5, 5.41) is 0.730. The Morgan fingerprint density at radius 1 is 1.00 bits per heavy atom. The molecule has 4 aliphatic rings. The Morgan fingerprint density at radius 3 is 1.92 bits per heavy atom. The molecule has 1 amide bonds. The van der Waals surface area contributed by atoms with Crippen molar-refractivity contribution in [1.82, 2.24) is 5.32 Å². The van der Waals surface area contributed by atoms with E-state index in [0.29, 0.717) is 40.6 Å². The van der Waals surface area contributed by atoms with Crippen LogP contribution in [0.4, 0.5) is 26.3 Å². The van der Waals surface area contributed by atoms with Gasteiger partial charge in [0.15, 0.2) is 0 Å². The van der Waals surface area contributed by atoms with Crippen LogP contribution >= 0.6 is 22.6 Å². The predicted octanol–water partition coefficient (Wildman–Crippen LogP) is 4.89. The van der Waals surface area contributed by atoms with Gasteiger partial charge in [-0.2, -0.15) is 34.8 Å². The lowest BCUT2D eigenvalue weighted by Crippen LogP contribution is -2.70. The highest BCUT2D eigenvalue weighted by Crippen LogP contribution is 2.60. The molecule has 0 unspecified atom stereocenters. The van der Waals surface area contributed by atoms with E-state index < -0.39 is 62.4 Å². The molecule has 37 heavy (non-hydrogen) atoms. The van der Waals surface area contributed by atoms with Gasteiger partial charge in [0.1, 0.15) is 11.5 Å². The van der Waals surface area contributed by atoms with Crippen LogP contribution in [-0.4, -0.2) is 48.5 Å². The summed E-state index contributed by atoms with van der Waals surface area (Å²) in [6.07, 6.45) is -8.07. The molecule has 0 heterocycles. The van der Waals surface area contributed by atoms with Crippen LogP contribution in [-0.2, 0) is 14.9 Å². The lowest BCUT2D eigenvalue weighted by atomic mass is 9.49. The maximum absolute atomic E-state index is 13.7. The predicted molar refractivity (Wildman–Crippen MR) is 124 cm³/mol. The first-order valence-corrected chi connectivity index (χ1v) is 14.0. The molecule has 7 nitrogen and oxygen atoms in total. The fourth-order valence-corrected chi connectivity index (χ4v) is 7.78. The summed E-state index contributed by atoms with van der Waals surface area (Å²) < 4.78 is 119. The molecule has 2 N–H and O–H groups in total. The Kier molecular flexibility index (Phi) is 7.09. The summed E-state index contributed by atoms with van der Waals surface area (Å²) in [6, 6.07) is 3.20. The fraction of sp³-hybridized carbons (Fsp3) is 0.636. The third kappa shape index (κ3) is 5.44. The van der Waals surface area contributed by atoms with Crippen LogP contribution in [0.1, 0.15) is 48.9 Å². The summed E-state index contributed by atoms with van der Waals surface area (Å²) >= 11 is 1.76. The average Bonchev–Trinajstić information content (AvgIpc) is 2.69. The highest BCUT2D eigenvalue weighted by molar-refractivity contribution is 14.1. The van der Waals surface area contributed by atoms with Crippen LogP contribution in [0.5, 0.6) is 5.75 Å². The van der Waals surface area contributed by atoms with Gasteiger partial charge in [0.05, 0.1) is 11.0 Å². The van der Waals surface area contributed by atoms with Crippen molar-refractivity contribution in [1.29, 1.82) is 0 Å². The van der Waals surface area contributed by atoms with Crippen molar-refractivity contribution < 1.29 is 53.6 Å². The lowest BCUT2D eigenvalue weighted by Gasteiger charge is -2.55. The molecule has 0 saturated heterocycles. The minimum Gasteiger partial charge on any atom is -0.425 e. The number of amides is 1. The molecule has 5 rings (SSSR count). The van der Waals surface area contributed by atoms with Crippen LogP contribution in [0.15, 0.2) is 18.2 Å². The monoisotopic (exact) mass is 669 g/mol. The number of alkyl halides is 6. The molecule has 4 aliphatic carbocycles. The highest BCUT2D eigenvalue weighted by Gasteiger charge is 2.73. The maximum Gasteiger partial charge on any atom is 0.421 e. The molecule has 206 valence electrons. The van der Waals surface area contributed by atoms with Crippen molar-refractivity contribution in [3.63, 3.8) is 0 Å². The van der Waals surface area contributed by atoms with Gasteiger partial charge in [-0.1, -0.05) is 0 Å². The molecule has 0 aliphatic heterocycles. The molecule has 4 bridgehead atoms. The number of nitrogens with one attached hydrogen (secondary N) is 1. The SMILES string of the molecule is O=C(NC(CS(=O)(=O)O)(C(F)(F)F)C(F)(F)F)c1ccc(I)cc1OC(=O)C12CC3CC(CC(C3)C1)C2. The van der Waals surface area contributed by atoms with E-state index in [1.165, 1.54) is 6.07 Å². The van der Waals surface area contributed by atoms with Crippen LogP contribution in [0.2, 0.25) is 0 Å². The van der Waals surface area contributed by atoms with E-state index in [9.17, 15) is 44.3 Å². The second-order valence-electron chi connectivity index (χ2n) is 10.3. The van der Waals surface area contributed by atoms with Gasteiger partial charge in [0.25, 0.3) is 16.0 Å². The minimum atomic E-state index is -6.37. The fourth-order valence-electron chi connectivity index (χ4n) is 6.37. The number of ether oxygens (including phenoxy) is 1. The Labute approximate surface area is 221 Å². The normalized spacial score (nSPS) is 27.7. The van der Waals surface area contributed by atoms with Crippen molar-refractivity contribution in [2.75, 3.05) is 5.75 Å². The van der Waals surface area contributed by atoms with Crippen LogP contribution in [0.25, 0.3) is 0 Å². The number of carbonyl (C=O) groups is 2. The van der Waals surface area contributed by atoms with Crippen molar-refractivity contribution in [2.45, 2.75) is 56.4 Å². The van der Waals surface area contributed by atoms with Crippen LogP contribution in [0.3, 0.4) is 0 Å². The zero-order valence-corrected chi connectivity index (χ0v) is 21.9. The van der Waals surface area contributed by atoms with Crippen LogP contribution < -0.4 is 10.1 Å². The second kappa shape index (κ2) is 9.24. The summed E-state index contributed by atoms with van der Waals surface area (Å²) in [5.74, 6) is -5.13. The molecular formula is C22H22F6INO6S. The Morgan fingerprint density at radius 2 is 1.49 bits per heavy atom. The third-order valence-electron chi connectivity index (χ3n) is 7.56. The Bertz CT molecular complexity index is 1170. The lowest BCUT2D eigenvalue weighted by molar-refractivity contribution is -0.296. The number of halogens is 7. The van der Waals surface area contributed by atoms with Gasteiger partial charge in [0.2, 0.25) is 5.54 Å². The first-order chi connectivity index (χ1) is 16.8. The zero-order chi connectivity index (χ0) is 27.6. The van der Waals surface area contributed by atoms with Crippen molar-refractivity contribution in [2.24, 2.45) is 23.2 Å². The van der Waals surface area contributed by atoms with Gasteiger partial charge in [0, 0.05) is 3.57 Å². The number of rotatable bonds is 6. The van der Waals surface area contributed by atoms with Gasteiger partial charge in [-0.15, -0.1) is 0 Å². The molecule has 0 spiro atoms. The van der Waals surface area contributed by atoms with Gasteiger partial charge in [-0.3, -0.25) is 14.1 Å². The quantitative estimate of drug-likeness (QED) is 0.147. The molecule has 4 saturated carbocycles. The molecule has 1 aromatic rings. The molecule has 0 atom stereocenters. The van der Waals surface area contributed by atoms with E-state index in [1.54, 1.807) is 22.6 Å². The molecule has 15 heteroatoms. The number of hydrogen-bond acceptors (Lipinski definition) is 5. The Balaban J connectivity index is 1.67. The van der Waals surface area contributed by atoms with E-state index >= 15 is 0 Å². The van der Waals surface area contributed by atoms with E-state index in [4.69, 9.17) is 9.29 Å². The zero-order valence-electron chi connectivity index (χ0n) is 19.0. The molecule has 4 fully saturated rings. The van der Waals surface area contributed by atoms with Gasteiger partial charge >= 0.3 is 18.3 Å². The Hall–Kier alpha value is -1.62. The molecular weight excluding hydrogens is 647 g/mol. The summed E-state index contributed by atoms with van der Waals surface area (Å²) in [4.78, 5) is 26.1. The van der Waals surface area contributed by atoms with Crippen molar-refractivity contribution >= 4 is 44.6 Å². The molecule has 0 radical (unpaired) electrons. The summed E-state index contributed by atoms with van der Waals surface area (Å²) in [7, 11) is -5.88. The van der Waals surface area contributed by atoms with E-state index in [-0.39, 0.29) is 0 Å². The number of benzene rings is 1. The summed E-state index contributed by atoms with van der Waals surface area (Å²) in [5.41, 5.74) is -6.99. The third-order valence-corrected chi connectivity index (χ3v) is 9.02. The number of esters is 1. The first kappa shape index (κ1) is 28.4. The van der Waals surface area contributed by atoms with Gasteiger partial charge in [-0.25, -0.2) is 0 Å². The van der Waals surface area contributed by atoms with Crippen molar-refractivity contribution in [3.8, 4) is 5.75 Å². The topological polar surface area (TPSA) is 110 Å². The highest BCUT2D eigenvalue weighted by atomic mass is 127. The number of hydrogen-bond donors (Lipinski definition) is 2. The van der Waals surface area contributed by atoms with E-state index in [0.717, 1.165) is 36.7 Å². The number of carbonyl (C=O) groups excluding carboxylic acids is 2.